The Morgan fingerprint density at radius 3 is 2.32 bits per heavy atom. The van der Waals surface area contributed by atoms with Gasteiger partial charge >= 0.3 is 0 Å². The van der Waals surface area contributed by atoms with E-state index < -0.39 is 0 Å². The van der Waals surface area contributed by atoms with Gasteiger partial charge in [0.05, 0.1) is 19.9 Å². The van der Waals surface area contributed by atoms with E-state index in [1.54, 1.807) is 43.5 Å². The summed E-state index contributed by atoms with van der Waals surface area (Å²) in [6.45, 7) is 0.470. The van der Waals surface area contributed by atoms with Crippen molar-refractivity contribution in [1.82, 2.24) is 5.43 Å². The minimum Gasteiger partial charge on any atom is -0.493 e. The van der Waals surface area contributed by atoms with Crippen LogP contribution in [0.3, 0.4) is 0 Å². The Morgan fingerprint density at radius 1 is 0.968 bits per heavy atom. The number of hydrazone groups is 1. The Labute approximate surface area is 190 Å². The van der Waals surface area contributed by atoms with Crippen molar-refractivity contribution >= 4 is 41.0 Å². The molecule has 0 heterocycles. The molecule has 0 spiro atoms. The molecular weight excluding hydrogens is 437 g/mol. The number of nitrogens with zero attached hydrogens (tertiary/aromatic N) is 1. The number of carbonyl (C=O) groups is 1. The molecule has 6 nitrogen and oxygen atoms in total. The van der Waals surface area contributed by atoms with E-state index in [0.29, 0.717) is 28.2 Å². The molecule has 3 aromatic rings. The van der Waals surface area contributed by atoms with Crippen LogP contribution in [0.15, 0.2) is 71.8 Å². The molecule has 0 unspecified atom stereocenters. The first-order chi connectivity index (χ1) is 15.0. The van der Waals surface area contributed by atoms with Gasteiger partial charge in [0.2, 0.25) is 0 Å². The van der Waals surface area contributed by atoms with Gasteiger partial charge in [-0.3, -0.25) is 4.79 Å². The van der Waals surface area contributed by atoms with E-state index in [4.69, 9.17) is 32.7 Å². The van der Waals surface area contributed by atoms with Gasteiger partial charge in [-0.2, -0.15) is 5.10 Å². The van der Waals surface area contributed by atoms with Crippen LogP contribution in [0.25, 0.3) is 0 Å². The number of rotatable bonds is 9. The number of amides is 1. The summed E-state index contributed by atoms with van der Waals surface area (Å²) in [4.78, 5) is 11.9. The Bertz CT molecular complexity index is 1040. The average Bonchev–Trinajstić information content (AvgIpc) is 2.78. The molecule has 0 atom stereocenters. The smallest absolute Gasteiger partial charge is 0.259 e. The van der Waals surface area contributed by atoms with Gasteiger partial charge < -0.3 is 14.8 Å². The normalized spacial score (nSPS) is 10.7. The zero-order valence-electron chi connectivity index (χ0n) is 16.8. The average molecular weight is 458 g/mol. The minimum atomic E-state index is -0.277. The molecule has 1 amide bonds. The highest BCUT2D eigenvalue weighted by Gasteiger charge is 2.06. The van der Waals surface area contributed by atoms with Crippen molar-refractivity contribution in [3.05, 3.63) is 87.9 Å². The molecule has 0 saturated heterocycles. The Kier molecular flexibility index (Phi) is 8.15. The van der Waals surface area contributed by atoms with Crippen molar-refractivity contribution in [3.63, 3.8) is 0 Å². The van der Waals surface area contributed by atoms with Crippen LogP contribution in [0.5, 0.6) is 11.5 Å². The zero-order valence-corrected chi connectivity index (χ0v) is 18.3. The molecule has 0 aliphatic carbocycles. The van der Waals surface area contributed by atoms with E-state index in [9.17, 15) is 4.79 Å². The number of hydrogen-bond donors (Lipinski definition) is 2. The minimum absolute atomic E-state index is 0.0831. The monoisotopic (exact) mass is 457 g/mol. The van der Waals surface area contributed by atoms with Crippen LogP contribution in [0.4, 0.5) is 5.69 Å². The predicted molar refractivity (Wildman–Crippen MR) is 124 cm³/mol. The summed E-state index contributed by atoms with van der Waals surface area (Å²) < 4.78 is 11.2. The summed E-state index contributed by atoms with van der Waals surface area (Å²) in [5, 5.41) is 8.28. The standard InChI is InChI=1S/C23H21Cl2N3O3/c1-30-22-12-17(4-11-21(22)31-15-16-2-5-18(24)6-3-16)13-27-28-23(29)14-26-20-9-7-19(25)8-10-20/h2-13,26H,14-15H2,1H3,(H,28,29)/b27-13-. The number of halogens is 2. The first-order valence-corrected chi connectivity index (χ1v) is 10.2. The highest BCUT2D eigenvalue weighted by Crippen LogP contribution is 2.28. The van der Waals surface area contributed by atoms with Gasteiger partial charge in [0.25, 0.3) is 5.91 Å². The molecule has 3 rings (SSSR count). The van der Waals surface area contributed by atoms with Crippen molar-refractivity contribution in [1.29, 1.82) is 0 Å². The molecule has 0 saturated carbocycles. The molecule has 31 heavy (non-hydrogen) atoms. The fourth-order valence-corrected chi connectivity index (χ4v) is 2.85. The number of nitrogens with one attached hydrogen (secondary N) is 2. The zero-order chi connectivity index (χ0) is 22.1. The van der Waals surface area contributed by atoms with Crippen LogP contribution in [0.2, 0.25) is 10.0 Å². The maximum Gasteiger partial charge on any atom is 0.259 e. The molecule has 0 aliphatic heterocycles. The summed E-state index contributed by atoms with van der Waals surface area (Å²) in [7, 11) is 1.57. The third-order valence-electron chi connectivity index (χ3n) is 4.20. The maximum atomic E-state index is 11.9. The lowest BCUT2D eigenvalue weighted by atomic mass is 10.2. The van der Waals surface area contributed by atoms with E-state index in [1.807, 2.05) is 30.3 Å². The number of hydrogen-bond acceptors (Lipinski definition) is 5. The number of ether oxygens (including phenoxy) is 2. The summed E-state index contributed by atoms with van der Waals surface area (Å²) in [6, 6.07) is 19.9. The molecule has 0 fully saturated rings. The number of methoxy groups -OCH3 is 1. The van der Waals surface area contributed by atoms with Gasteiger partial charge in [0.15, 0.2) is 11.5 Å². The predicted octanol–water partition coefficient (Wildman–Crippen LogP) is 5.14. The van der Waals surface area contributed by atoms with E-state index >= 15 is 0 Å². The van der Waals surface area contributed by atoms with Crippen LogP contribution >= 0.6 is 23.2 Å². The summed E-state index contributed by atoms with van der Waals surface area (Å²) >= 11 is 11.7. The third kappa shape index (κ3) is 7.20. The molecule has 2 N–H and O–H groups in total. The van der Waals surface area contributed by atoms with Crippen LogP contribution in [0, 0.1) is 0 Å². The molecule has 8 heteroatoms. The van der Waals surface area contributed by atoms with Crippen molar-refractivity contribution in [2.24, 2.45) is 5.10 Å². The van der Waals surface area contributed by atoms with Crippen molar-refractivity contribution < 1.29 is 14.3 Å². The van der Waals surface area contributed by atoms with E-state index in [2.05, 4.69) is 15.8 Å². The second kappa shape index (κ2) is 11.2. The molecule has 160 valence electrons. The largest absolute Gasteiger partial charge is 0.493 e. The van der Waals surface area contributed by atoms with Gasteiger partial charge in [-0.05, 0) is 65.7 Å². The lowest BCUT2D eigenvalue weighted by molar-refractivity contribution is -0.119. The Hall–Kier alpha value is -3.22. The Morgan fingerprint density at radius 2 is 1.65 bits per heavy atom. The van der Waals surface area contributed by atoms with Crippen molar-refractivity contribution in [3.8, 4) is 11.5 Å². The summed E-state index contributed by atoms with van der Waals surface area (Å²) in [5.41, 5.74) is 5.01. The summed E-state index contributed by atoms with van der Waals surface area (Å²) in [6.07, 6.45) is 1.53. The number of benzene rings is 3. The Balaban J connectivity index is 1.51. The van der Waals surface area contributed by atoms with Crippen LogP contribution in [-0.2, 0) is 11.4 Å². The van der Waals surface area contributed by atoms with Crippen molar-refractivity contribution in [2.75, 3.05) is 19.0 Å². The molecular formula is C23H21Cl2N3O3. The lowest BCUT2D eigenvalue weighted by Crippen LogP contribution is -2.25. The van der Waals surface area contributed by atoms with E-state index in [0.717, 1.165) is 16.8 Å². The number of carbonyl (C=O) groups excluding carboxylic acids is 1. The van der Waals surface area contributed by atoms with Crippen molar-refractivity contribution in [2.45, 2.75) is 6.61 Å². The highest BCUT2D eigenvalue weighted by atomic mass is 35.5. The fourth-order valence-electron chi connectivity index (χ4n) is 2.59. The molecule has 0 bridgehead atoms. The van der Waals surface area contributed by atoms with Gasteiger partial charge in [-0.15, -0.1) is 0 Å². The quantitative estimate of drug-likeness (QED) is 0.344. The molecule has 3 aromatic carbocycles. The highest BCUT2D eigenvalue weighted by molar-refractivity contribution is 6.30. The van der Waals surface area contributed by atoms with Gasteiger partial charge in [-0.25, -0.2) is 5.43 Å². The second-order valence-electron chi connectivity index (χ2n) is 6.48. The van der Waals surface area contributed by atoms with Gasteiger partial charge in [-0.1, -0.05) is 35.3 Å². The van der Waals surface area contributed by atoms with E-state index in [-0.39, 0.29) is 12.5 Å². The van der Waals surface area contributed by atoms with E-state index in [1.165, 1.54) is 6.21 Å². The molecule has 0 aromatic heterocycles. The summed E-state index contributed by atoms with van der Waals surface area (Å²) in [5.74, 6) is 0.889. The SMILES string of the molecule is COc1cc(/C=N\NC(=O)CNc2ccc(Cl)cc2)ccc1OCc1ccc(Cl)cc1. The first kappa shape index (κ1) is 22.5. The third-order valence-corrected chi connectivity index (χ3v) is 4.70. The maximum absolute atomic E-state index is 11.9. The fraction of sp³-hybridized carbons (Fsp3) is 0.130. The second-order valence-corrected chi connectivity index (χ2v) is 7.35. The molecule has 0 aliphatic rings. The lowest BCUT2D eigenvalue weighted by Gasteiger charge is -2.11. The topological polar surface area (TPSA) is 72.0 Å². The molecule has 0 radical (unpaired) electrons. The first-order valence-electron chi connectivity index (χ1n) is 9.40. The van der Waals surface area contributed by atoms with Crippen LogP contribution in [0.1, 0.15) is 11.1 Å². The van der Waals surface area contributed by atoms with Crippen LogP contribution < -0.4 is 20.2 Å². The van der Waals surface area contributed by atoms with Crippen LogP contribution in [-0.4, -0.2) is 25.8 Å². The number of anilines is 1. The van der Waals surface area contributed by atoms with Gasteiger partial charge in [0, 0.05) is 15.7 Å². The van der Waals surface area contributed by atoms with Gasteiger partial charge in [0.1, 0.15) is 6.61 Å².